The number of aliphatic carboxylic acids is 1. The number of carboxylic acid groups (broad SMARTS) is 1. The maximum absolute atomic E-state index is 10.9. The van der Waals surface area contributed by atoms with Crippen LogP contribution in [0.5, 0.6) is 11.5 Å². The van der Waals surface area contributed by atoms with Gasteiger partial charge in [-0.05, 0) is 93.9 Å². The lowest BCUT2D eigenvalue weighted by atomic mass is 10.1. The highest BCUT2D eigenvalue weighted by Gasteiger charge is 2.15. The van der Waals surface area contributed by atoms with Gasteiger partial charge in [0, 0.05) is 0 Å². The Labute approximate surface area is 156 Å². The van der Waals surface area contributed by atoms with Gasteiger partial charge in [0.05, 0.1) is 7.14 Å². The van der Waals surface area contributed by atoms with E-state index in [4.69, 9.17) is 15.6 Å². The maximum Gasteiger partial charge on any atom is 0.320 e. The van der Waals surface area contributed by atoms with Crippen LogP contribution in [-0.2, 0) is 11.2 Å². The van der Waals surface area contributed by atoms with Crippen molar-refractivity contribution in [1.29, 1.82) is 0 Å². The largest absolute Gasteiger partial charge is 0.480 e. The molecule has 0 fully saturated rings. The molecule has 0 aliphatic rings. The minimum absolute atomic E-state index is 0.298. The molecule has 6 heteroatoms. The quantitative estimate of drug-likeness (QED) is 0.583. The fourth-order valence-corrected chi connectivity index (χ4v) is 4.08. The molecule has 0 radical (unpaired) electrons. The van der Waals surface area contributed by atoms with Crippen LogP contribution >= 0.6 is 45.2 Å². The molecular formula is C16H15I2NO3. The lowest BCUT2D eigenvalue weighted by Gasteiger charge is -2.13. The molecule has 0 unspecified atom stereocenters. The van der Waals surface area contributed by atoms with Crippen molar-refractivity contribution >= 4 is 51.2 Å². The lowest BCUT2D eigenvalue weighted by molar-refractivity contribution is -0.138. The minimum Gasteiger partial charge on any atom is -0.480 e. The van der Waals surface area contributed by atoms with Gasteiger partial charge in [0.1, 0.15) is 11.8 Å². The number of benzene rings is 2. The predicted octanol–water partition coefficient (Wildman–Crippen LogP) is 3.95. The van der Waals surface area contributed by atoms with Crippen molar-refractivity contribution in [3.63, 3.8) is 0 Å². The molecule has 0 saturated heterocycles. The van der Waals surface area contributed by atoms with Crippen LogP contribution in [0.4, 0.5) is 0 Å². The number of hydrogen-bond acceptors (Lipinski definition) is 3. The molecule has 4 nitrogen and oxygen atoms in total. The summed E-state index contributed by atoms with van der Waals surface area (Å²) in [6.07, 6.45) is 0.298. The molecular weight excluding hydrogens is 508 g/mol. The number of halogens is 2. The molecule has 0 spiro atoms. The maximum atomic E-state index is 10.9. The molecule has 0 heterocycles. The van der Waals surface area contributed by atoms with E-state index < -0.39 is 12.0 Å². The first-order valence-electron chi connectivity index (χ1n) is 6.57. The van der Waals surface area contributed by atoms with Gasteiger partial charge in [0.25, 0.3) is 0 Å². The highest BCUT2D eigenvalue weighted by atomic mass is 127. The molecule has 0 aromatic heterocycles. The SMILES string of the molecule is Cc1cccc(Oc2c(I)cc(C[C@H](N)C(=O)O)cc2I)c1. The molecule has 116 valence electrons. The third kappa shape index (κ3) is 4.56. The zero-order chi connectivity index (χ0) is 16.3. The smallest absolute Gasteiger partial charge is 0.320 e. The minimum atomic E-state index is -0.995. The van der Waals surface area contributed by atoms with E-state index in [0.717, 1.165) is 29.8 Å². The summed E-state index contributed by atoms with van der Waals surface area (Å²) in [6, 6.07) is 10.8. The summed E-state index contributed by atoms with van der Waals surface area (Å²) in [5.74, 6) is 0.565. The fourth-order valence-electron chi connectivity index (χ4n) is 1.97. The molecule has 22 heavy (non-hydrogen) atoms. The number of ether oxygens (including phenoxy) is 1. The van der Waals surface area contributed by atoms with Gasteiger partial charge in [0.2, 0.25) is 0 Å². The van der Waals surface area contributed by atoms with E-state index in [2.05, 4.69) is 45.2 Å². The first-order chi connectivity index (χ1) is 10.4. The van der Waals surface area contributed by atoms with E-state index in [-0.39, 0.29) is 0 Å². The van der Waals surface area contributed by atoms with E-state index in [9.17, 15) is 4.79 Å². The molecule has 3 N–H and O–H groups in total. The number of carboxylic acids is 1. The Morgan fingerprint density at radius 2 is 1.91 bits per heavy atom. The molecule has 0 amide bonds. The summed E-state index contributed by atoms with van der Waals surface area (Å²) < 4.78 is 7.82. The van der Waals surface area contributed by atoms with E-state index in [1.165, 1.54) is 0 Å². The Morgan fingerprint density at radius 3 is 2.45 bits per heavy atom. The average molecular weight is 523 g/mol. The molecule has 0 aliphatic heterocycles. The topological polar surface area (TPSA) is 72.5 Å². The van der Waals surface area contributed by atoms with Crippen molar-refractivity contribution in [2.75, 3.05) is 0 Å². The van der Waals surface area contributed by atoms with Gasteiger partial charge in [0.15, 0.2) is 5.75 Å². The van der Waals surface area contributed by atoms with Gasteiger partial charge in [-0.1, -0.05) is 12.1 Å². The summed E-state index contributed by atoms with van der Waals surface area (Å²) in [6.45, 7) is 2.01. The lowest BCUT2D eigenvalue weighted by Crippen LogP contribution is -2.32. The van der Waals surface area contributed by atoms with E-state index in [0.29, 0.717) is 6.42 Å². The highest BCUT2D eigenvalue weighted by Crippen LogP contribution is 2.33. The van der Waals surface area contributed by atoms with E-state index in [1.54, 1.807) is 0 Å². The molecule has 1 atom stereocenters. The van der Waals surface area contributed by atoms with E-state index >= 15 is 0 Å². The zero-order valence-corrected chi connectivity index (χ0v) is 16.2. The van der Waals surface area contributed by atoms with Crippen LogP contribution < -0.4 is 10.5 Å². The van der Waals surface area contributed by atoms with Crippen LogP contribution in [0.25, 0.3) is 0 Å². The van der Waals surface area contributed by atoms with Crippen molar-refractivity contribution in [1.82, 2.24) is 0 Å². The molecule has 0 saturated carbocycles. The second-order valence-corrected chi connectivity index (χ2v) is 7.28. The zero-order valence-electron chi connectivity index (χ0n) is 11.8. The van der Waals surface area contributed by atoms with Crippen molar-refractivity contribution in [2.45, 2.75) is 19.4 Å². The number of nitrogens with two attached hydrogens (primary N) is 1. The molecule has 2 rings (SSSR count). The standard InChI is InChI=1S/C16H15I2NO3/c1-9-3-2-4-11(5-9)22-15-12(17)6-10(7-13(15)18)8-14(19)16(20)21/h2-7,14H,8,19H2,1H3,(H,20,21)/t14-/m0/s1. The van der Waals surface area contributed by atoms with Crippen LogP contribution in [0.1, 0.15) is 11.1 Å². The predicted molar refractivity (Wildman–Crippen MR) is 102 cm³/mol. The molecule has 2 aromatic carbocycles. The highest BCUT2D eigenvalue weighted by molar-refractivity contribution is 14.1. The third-order valence-electron chi connectivity index (χ3n) is 3.04. The van der Waals surface area contributed by atoms with E-state index in [1.807, 2.05) is 43.3 Å². The second kappa shape index (κ2) is 7.60. The average Bonchev–Trinajstić information content (AvgIpc) is 2.43. The Morgan fingerprint density at radius 1 is 1.27 bits per heavy atom. The summed E-state index contributed by atoms with van der Waals surface area (Å²) in [5, 5.41) is 8.90. The van der Waals surface area contributed by atoms with Crippen molar-refractivity contribution in [2.24, 2.45) is 5.73 Å². The van der Waals surface area contributed by atoms with Gasteiger partial charge in [-0.15, -0.1) is 0 Å². The van der Waals surface area contributed by atoms with Crippen LogP contribution in [0.2, 0.25) is 0 Å². The van der Waals surface area contributed by atoms with Crippen molar-refractivity contribution < 1.29 is 14.6 Å². The van der Waals surface area contributed by atoms with Gasteiger partial charge >= 0.3 is 5.97 Å². The first kappa shape index (κ1) is 17.5. The van der Waals surface area contributed by atoms with Crippen molar-refractivity contribution in [3.8, 4) is 11.5 Å². The Balaban J connectivity index is 2.25. The second-order valence-electron chi connectivity index (χ2n) is 4.96. The van der Waals surface area contributed by atoms with Crippen LogP contribution in [0.15, 0.2) is 36.4 Å². The van der Waals surface area contributed by atoms with Crippen LogP contribution in [-0.4, -0.2) is 17.1 Å². The Bertz CT molecular complexity index is 681. The van der Waals surface area contributed by atoms with Gasteiger partial charge in [-0.2, -0.15) is 0 Å². The summed E-state index contributed by atoms with van der Waals surface area (Å²) in [5.41, 5.74) is 7.61. The Kier molecular flexibility index (Phi) is 6.04. The number of rotatable bonds is 5. The van der Waals surface area contributed by atoms with Crippen molar-refractivity contribution in [3.05, 3.63) is 54.7 Å². The number of aryl methyl sites for hydroxylation is 1. The monoisotopic (exact) mass is 523 g/mol. The number of hydrogen-bond donors (Lipinski definition) is 2. The fraction of sp³-hybridized carbons (Fsp3) is 0.188. The molecule has 0 bridgehead atoms. The Hall–Kier alpha value is -0.870. The normalized spacial score (nSPS) is 12.0. The summed E-state index contributed by atoms with van der Waals surface area (Å²) in [4.78, 5) is 10.9. The molecule has 0 aliphatic carbocycles. The number of carbonyl (C=O) groups is 1. The summed E-state index contributed by atoms with van der Waals surface area (Å²) in [7, 11) is 0. The van der Waals surface area contributed by atoms with Crippen LogP contribution in [0.3, 0.4) is 0 Å². The summed E-state index contributed by atoms with van der Waals surface area (Å²) >= 11 is 4.39. The van der Waals surface area contributed by atoms with Gasteiger partial charge in [-0.3, -0.25) is 4.79 Å². The van der Waals surface area contributed by atoms with Gasteiger partial charge in [-0.25, -0.2) is 0 Å². The van der Waals surface area contributed by atoms with Crippen LogP contribution in [0, 0.1) is 14.1 Å². The van der Waals surface area contributed by atoms with Gasteiger partial charge < -0.3 is 15.6 Å². The molecule has 2 aromatic rings. The first-order valence-corrected chi connectivity index (χ1v) is 8.73. The third-order valence-corrected chi connectivity index (χ3v) is 4.64.